The number of rotatable bonds is 4. The third kappa shape index (κ3) is 3.49. The number of β-amino-alcohol motifs (C(OH)–C–C–N with tert-alkyl or cyclic N) is 1. The van der Waals surface area contributed by atoms with E-state index in [1.165, 1.54) is 32.1 Å². The largest absolute Gasteiger partial charge is 0.413 e. The normalized spacial score (nSPS) is 33.6. The number of ether oxygens (including phenoxy) is 1. The number of aliphatic hydroxyl groups excluding tert-OH is 1. The molecule has 0 spiro atoms. The van der Waals surface area contributed by atoms with E-state index in [1.54, 1.807) is 10.9 Å². The van der Waals surface area contributed by atoms with Crippen molar-refractivity contribution in [2.75, 3.05) is 18.0 Å². The van der Waals surface area contributed by atoms with Gasteiger partial charge >= 0.3 is 6.09 Å². The van der Waals surface area contributed by atoms with Crippen LogP contribution in [0.25, 0.3) is 5.69 Å². The lowest BCUT2D eigenvalue weighted by atomic mass is 9.54. The molecule has 1 aliphatic heterocycles. The van der Waals surface area contributed by atoms with E-state index >= 15 is 0 Å². The van der Waals surface area contributed by atoms with Crippen molar-refractivity contribution in [3.05, 3.63) is 36.5 Å². The van der Waals surface area contributed by atoms with Gasteiger partial charge in [0.15, 0.2) is 11.6 Å². The molecule has 1 unspecified atom stereocenters. The first kappa shape index (κ1) is 19.2. The molecule has 7 nitrogen and oxygen atoms in total. The summed E-state index contributed by atoms with van der Waals surface area (Å²) >= 11 is 0. The summed E-state index contributed by atoms with van der Waals surface area (Å²) in [7, 11) is 0. The Kier molecular flexibility index (Phi) is 4.67. The molecule has 31 heavy (non-hydrogen) atoms. The Labute approximate surface area is 182 Å². The van der Waals surface area contributed by atoms with Crippen LogP contribution < -0.4 is 15.0 Å². The predicted octanol–water partition coefficient (Wildman–Crippen LogP) is 3.36. The Hall–Kier alpha value is -2.54. The highest BCUT2D eigenvalue weighted by atomic mass is 16.6. The van der Waals surface area contributed by atoms with Gasteiger partial charge < -0.3 is 20.1 Å². The lowest BCUT2D eigenvalue weighted by molar-refractivity contribution is -0.0114. The van der Waals surface area contributed by atoms with Crippen molar-refractivity contribution < 1.29 is 14.6 Å². The second kappa shape index (κ2) is 7.55. The molecule has 7 rings (SSSR count). The lowest BCUT2D eigenvalue weighted by Crippen LogP contribution is -2.56. The highest BCUT2D eigenvalue weighted by Crippen LogP contribution is 2.53. The van der Waals surface area contributed by atoms with Crippen molar-refractivity contribution in [1.29, 1.82) is 0 Å². The summed E-state index contributed by atoms with van der Waals surface area (Å²) in [6.45, 7) is 1.21. The van der Waals surface area contributed by atoms with Crippen LogP contribution in [0.4, 0.5) is 10.6 Å². The summed E-state index contributed by atoms with van der Waals surface area (Å²) in [4.78, 5) is 15.0. The minimum Gasteiger partial charge on any atom is -0.405 e. The molecule has 7 heteroatoms. The summed E-state index contributed by atoms with van der Waals surface area (Å²) in [6, 6.07) is 10.1. The van der Waals surface area contributed by atoms with Gasteiger partial charge in [0.1, 0.15) is 0 Å². The average molecular weight is 423 g/mol. The molecule has 0 radical (unpaired) electrons. The van der Waals surface area contributed by atoms with Gasteiger partial charge in [-0.2, -0.15) is 5.10 Å². The number of hydrogen-bond acceptors (Lipinski definition) is 5. The number of hydrogen-bond donors (Lipinski definition) is 2. The summed E-state index contributed by atoms with van der Waals surface area (Å²) in [5.41, 5.74) is 0.898. The number of amides is 1. The van der Waals surface area contributed by atoms with Crippen LogP contribution in [0.5, 0.6) is 5.75 Å². The van der Waals surface area contributed by atoms with E-state index < -0.39 is 0 Å². The molecule has 2 aromatic rings. The van der Waals surface area contributed by atoms with Crippen molar-refractivity contribution in [2.24, 2.45) is 23.7 Å². The second-order valence-corrected chi connectivity index (χ2v) is 9.96. The maximum absolute atomic E-state index is 12.9. The summed E-state index contributed by atoms with van der Waals surface area (Å²) in [5, 5.41) is 17.8. The van der Waals surface area contributed by atoms with Gasteiger partial charge in [-0.25, -0.2) is 9.48 Å². The first-order valence-corrected chi connectivity index (χ1v) is 11.7. The van der Waals surface area contributed by atoms with Gasteiger partial charge in [0.05, 0.1) is 18.0 Å². The molecule has 5 fully saturated rings. The number of carbonyl (C=O) groups excluding carboxylic acids is 1. The zero-order valence-corrected chi connectivity index (χ0v) is 17.7. The molecule has 2 heterocycles. The fourth-order valence-electron chi connectivity index (χ4n) is 6.81. The quantitative estimate of drug-likeness (QED) is 0.790. The summed E-state index contributed by atoms with van der Waals surface area (Å²) in [5.74, 6) is 4.11. The standard InChI is InChI=1S/C24H30N4O3/c29-20-6-7-27(14-20)23-21(13-25-28(23)19-4-2-1-3-5-19)31-24(30)26-22-17-9-15-8-16(11-17)12-18(22)10-15/h1-5,13,15-18,20,22,29H,6-12,14H2,(H,26,30). The Morgan fingerprint density at radius 1 is 1.06 bits per heavy atom. The van der Waals surface area contributed by atoms with Crippen molar-refractivity contribution in [3.8, 4) is 11.4 Å². The van der Waals surface area contributed by atoms with E-state index in [0.717, 1.165) is 23.3 Å². The number of para-hydroxylation sites is 1. The molecule has 4 bridgehead atoms. The molecule has 1 saturated heterocycles. The molecule has 164 valence electrons. The van der Waals surface area contributed by atoms with Crippen molar-refractivity contribution in [2.45, 2.75) is 50.7 Å². The first-order valence-electron chi connectivity index (χ1n) is 11.7. The molecular formula is C24H30N4O3. The number of anilines is 1. The van der Waals surface area contributed by atoms with Crippen LogP contribution in [-0.2, 0) is 0 Å². The molecule has 1 amide bonds. The number of aromatic nitrogens is 2. The summed E-state index contributed by atoms with van der Waals surface area (Å²) in [6.07, 6.45) is 7.94. The maximum atomic E-state index is 12.9. The third-order valence-electron chi connectivity index (χ3n) is 7.89. The number of carbonyl (C=O) groups is 1. The zero-order valence-electron chi connectivity index (χ0n) is 17.7. The smallest absolute Gasteiger partial charge is 0.405 e. The van der Waals surface area contributed by atoms with Crippen LogP contribution >= 0.6 is 0 Å². The SMILES string of the molecule is O=C(NC1C2CC3CC(C2)CC1C3)Oc1cnn(-c2ccccc2)c1N1CCC(O)C1. The van der Waals surface area contributed by atoms with Gasteiger partial charge in [0.2, 0.25) is 0 Å². The van der Waals surface area contributed by atoms with Crippen LogP contribution in [0.1, 0.15) is 38.5 Å². The molecular weight excluding hydrogens is 392 g/mol. The average Bonchev–Trinajstić information content (AvgIpc) is 3.36. The van der Waals surface area contributed by atoms with E-state index in [4.69, 9.17) is 4.74 Å². The molecule has 1 atom stereocenters. The maximum Gasteiger partial charge on any atom is 0.413 e. The van der Waals surface area contributed by atoms with Crippen molar-refractivity contribution in [3.63, 3.8) is 0 Å². The van der Waals surface area contributed by atoms with E-state index in [1.807, 2.05) is 30.3 Å². The van der Waals surface area contributed by atoms with E-state index in [9.17, 15) is 9.90 Å². The van der Waals surface area contributed by atoms with Gasteiger partial charge in [0.25, 0.3) is 0 Å². The van der Waals surface area contributed by atoms with Crippen LogP contribution in [0, 0.1) is 23.7 Å². The van der Waals surface area contributed by atoms with E-state index in [-0.39, 0.29) is 18.2 Å². The van der Waals surface area contributed by atoms with Gasteiger partial charge in [-0.15, -0.1) is 0 Å². The highest BCUT2D eigenvalue weighted by Gasteiger charge is 2.48. The number of aliphatic hydroxyl groups is 1. The van der Waals surface area contributed by atoms with E-state index in [2.05, 4.69) is 15.3 Å². The predicted molar refractivity (Wildman–Crippen MR) is 116 cm³/mol. The van der Waals surface area contributed by atoms with Crippen LogP contribution in [-0.4, -0.2) is 46.2 Å². The molecule has 4 saturated carbocycles. The van der Waals surface area contributed by atoms with Gasteiger partial charge in [0, 0.05) is 19.1 Å². The second-order valence-electron chi connectivity index (χ2n) is 9.96. The molecule has 5 aliphatic rings. The van der Waals surface area contributed by atoms with Crippen LogP contribution in [0.3, 0.4) is 0 Å². The highest BCUT2D eigenvalue weighted by molar-refractivity contribution is 5.73. The van der Waals surface area contributed by atoms with E-state index in [0.29, 0.717) is 37.1 Å². The minimum absolute atomic E-state index is 0.238. The Bertz CT molecular complexity index is 931. The van der Waals surface area contributed by atoms with Gasteiger partial charge in [-0.3, -0.25) is 0 Å². The molecule has 2 N–H and O–H groups in total. The fraction of sp³-hybridized carbons (Fsp3) is 0.583. The number of nitrogens with zero attached hydrogens (tertiary/aromatic N) is 3. The van der Waals surface area contributed by atoms with Crippen molar-refractivity contribution in [1.82, 2.24) is 15.1 Å². The monoisotopic (exact) mass is 422 g/mol. The Morgan fingerprint density at radius 2 is 1.77 bits per heavy atom. The number of nitrogens with one attached hydrogen (secondary N) is 1. The molecule has 1 aromatic carbocycles. The molecule has 4 aliphatic carbocycles. The third-order valence-corrected chi connectivity index (χ3v) is 7.89. The lowest BCUT2D eigenvalue weighted by Gasteiger charge is -2.54. The topological polar surface area (TPSA) is 79.6 Å². The fourth-order valence-corrected chi connectivity index (χ4v) is 6.81. The van der Waals surface area contributed by atoms with Gasteiger partial charge in [-0.1, -0.05) is 18.2 Å². The number of benzene rings is 1. The van der Waals surface area contributed by atoms with Crippen LogP contribution in [0.2, 0.25) is 0 Å². The van der Waals surface area contributed by atoms with Gasteiger partial charge in [-0.05, 0) is 74.3 Å². The molecule has 1 aromatic heterocycles. The van der Waals surface area contributed by atoms with Crippen molar-refractivity contribution >= 4 is 11.9 Å². The van der Waals surface area contributed by atoms with Crippen LogP contribution in [0.15, 0.2) is 36.5 Å². The minimum atomic E-state index is -0.383. The zero-order chi connectivity index (χ0) is 20.9. The summed E-state index contributed by atoms with van der Waals surface area (Å²) < 4.78 is 7.64. The first-order chi connectivity index (χ1) is 15.1. The Balaban J connectivity index is 1.23. The Morgan fingerprint density at radius 3 is 2.42 bits per heavy atom.